The summed E-state index contributed by atoms with van der Waals surface area (Å²) in [4.78, 5) is 23.6. The van der Waals surface area contributed by atoms with E-state index in [1.807, 2.05) is 0 Å². The number of benzene rings is 2. The number of carboxylic acids is 1. The number of halogens is 2. The lowest BCUT2D eigenvalue weighted by molar-refractivity contribution is -0.147. The van der Waals surface area contributed by atoms with Gasteiger partial charge < -0.3 is 19.0 Å². The first kappa shape index (κ1) is 19.8. The molecular weight excluding hydrogens is 464 g/mol. The van der Waals surface area contributed by atoms with Crippen LogP contribution in [-0.2, 0) is 4.79 Å². The predicted molar refractivity (Wildman–Crippen MR) is 112 cm³/mol. The smallest absolute Gasteiger partial charge is 0.306 e. The Morgan fingerprint density at radius 2 is 2.00 bits per heavy atom. The average molecular weight is 480 g/mol. The molecule has 1 aliphatic carbocycles. The highest BCUT2D eigenvalue weighted by molar-refractivity contribution is 9.10. The summed E-state index contributed by atoms with van der Waals surface area (Å²) in [7, 11) is 1.49. The largest absolute Gasteiger partial charge is 0.492 e. The molecule has 1 aromatic heterocycles. The fourth-order valence-electron chi connectivity index (χ4n) is 3.35. The Balaban J connectivity index is 1.77. The molecule has 0 bridgehead atoms. The lowest BCUT2D eigenvalue weighted by atomic mass is 9.82. The van der Waals surface area contributed by atoms with Gasteiger partial charge in [-0.05, 0) is 53.0 Å². The monoisotopic (exact) mass is 478 g/mol. The summed E-state index contributed by atoms with van der Waals surface area (Å²) in [6.07, 6.45) is 0.626. The lowest BCUT2D eigenvalue weighted by Crippen LogP contribution is -2.38. The van der Waals surface area contributed by atoms with E-state index < -0.39 is 11.9 Å². The van der Waals surface area contributed by atoms with Gasteiger partial charge in [-0.1, -0.05) is 17.7 Å². The molecule has 0 saturated heterocycles. The molecule has 6 nitrogen and oxygen atoms in total. The summed E-state index contributed by atoms with van der Waals surface area (Å²) in [5, 5.41) is 9.79. The molecule has 2 aromatic carbocycles. The topological polar surface area (TPSA) is 86.0 Å². The molecule has 0 unspecified atom stereocenters. The van der Waals surface area contributed by atoms with Crippen molar-refractivity contribution < 1.29 is 23.8 Å². The van der Waals surface area contributed by atoms with Crippen molar-refractivity contribution in [2.24, 2.45) is 5.92 Å². The molecule has 150 valence electrons. The third-order valence-electron chi connectivity index (χ3n) is 4.97. The summed E-state index contributed by atoms with van der Waals surface area (Å²) in [5.74, 6) is -0.108. The number of rotatable bonds is 5. The van der Waals surface area contributed by atoms with Crippen LogP contribution in [0.2, 0.25) is 5.02 Å². The highest BCUT2D eigenvalue weighted by Gasteiger charge is 2.37. The fraction of sp³-hybridized carbons (Fsp3) is 0.238. The van der Waals surface area contributed by atoms with E-state index in [1.165, 1.54) is 13.2 Å². The summed E-state index contributed by atoms with van der Waals surface area (Å²) < 4.78 is 18.2. The maximum atomic E-state index is 12.6. The number of aliphatic carboxylic acids is 1. The molecule has 1 saturated carbocycles. The normalized spacial score (nSPS) is 18.3. The maximum Gasteiger partial charge on any atom is 0.306 e. The van der Waals surface area contributed by atoms with Crippen molar-refractivity contribution in [2.75, 3.05) is 7.11 Å². The van der Waals surface area contributed by atoms with Crippen LogP contribution < -0.4 is 14.9 Å². The van der Waals surface area contributed by atoms with Crippen LogP contribution in [-0.4, -0.2) is 24.3 Å². The lowest BCUT2D eigenvalue weighted by Gasteiger charge is -2.33. The molecule has 1 N–H and O–H groups in total. The molecule has 8 heteroatoms. The standard InChI is InChI=1S/C21H16BrClO6/c1-27-19-13(17-9-16(24)12-3-2-4-15(23)18(12)29-17)5-6-14(22)20(19)28-11-7-10(8-11)21(25)26/h2-6,9-11H,7-8H2,1H3,(H,25,26). The van der Waals surface area contributed by atoms with Gasteiger partial charge in [-0.25, -0.2) is 0 Å². The summed E-state index contributed by atoms with van der Waals surface area (Å²) >= 11 is 9.66. The van der Waals surface area contributed by atoms with Crippen molar-refractivity contribution in [1.29, 1.82) is 0 Å². The van der Waals surface area contributed by atoms with Crippen LogP contribution in [0.15, 0.2) is 50.1 Å². The summed E-state index contributed by atoms with van der Waals surface area (Å²) in [5.41, 5.74) is 0.602. The fourth-order valence-corrected chi connectivity index (χ4v) is 3.97. The number of hydrogen-bond acceptors (Lipinski definition) is 5. The van der Waals surface area contributed by atoms with Gasteiger partial charge in [-0.2, -0.15) is 0 Å². The Kier molecular flexibility index (Phi) is 5.27. The Morgan fingerprint density at radius 1 is 1.24 bits per heavy atom. The van der Waals surface area contributed by atoms with E-state index in [2.05, 4.69) is 15.9 Å². The van der Waals surface area contributed by atoms with Crippen LogP contribution in [0, 0.1) is 5.92 Å². The number of ether oxygens (including phenoxy) is 2. The van der Waals surface area contributed by atoms with Gasteiger partial charge in [0, 0.05) is 6.07 Å². The molecule has 0 spiro atoms. The van der Waals surface area contributed by atoms with E-state index in [0.29, 0.717) is 56.1 Å². The van der Waals surface area contributed by atoms with Crippen LogP contribution in [0.25, 0.3) is 22.3 Å². The van der Waals surface area contributed by atoms with Gasteiger partial charge in [0.25, 0.3) is 0 Å². The zero-order valence-electron chi connectivity index (χ0n) is 15.3. The van der Waals surface area contributed by atoms with E-state index in [9.17, 15) is 9.59 Å². The molecule has 4 rings (SSSR count). The number of carbonyl (C=O) groups is 1. The quantitative estimate of drug-likeness (QED) is 0.546. The third kappa shape index (κ3) is 3.60. The van der Waals surface area contributed by atoms with Crippen LogP contribution >= 0.6 is 27.5 Å². The first-order valence-corrected chi connectivity index (χ1v) is 10.0. The second-order valence-corrected chi connectivity index (χ2v) is 8.06. The van der Waals surface area contributed by atoms with Gasteiger partial charge >= 0.3 is 5.97 Å². The molecule has 3 aromatic rings. The van der Waals surface area contributed by atoms with Crippen molar-refractivity contribution in [3.05, 3.63) is 56.1 Å². The minimum atomic E-state index is -0.820. The van der Waals surface area contributed by atoms with Gasteiger partial charge in [-0.3, -0.25) is 9.59 Å². The zero-order valence-corrected chi connectivity index (χ0v) is 17.6. The Hall–Kier alpha value is -2.51. The van der Waals surface area contributed by atoms with Gasteiger partial charge in [0.15, 0.2) is 22.5 Å². The summed E-state index contributed by atoms with van der Waals surface area (Å²) in [6.45, 7) is 0. The number of fused-ring (bicyclic) bond motifs is 1. The van der Waals surface area contributed by atoms with Gasteiger partial charge in [-0.15, -0.1) is 0 Å². The molecule has 29 heavy (non-hydrogen) atoms. The van der Waals surface area contributed by atoms with Crippen molar-refractivity contribution in [3.8, 4) is 22.8 Å². The van der Waals surface area contributed by atoms with E-state index in [4.69, 9.17) is 30.6 Å². The molecule has 1 heterocycles. The van der Waals surface area contributed by atoms with Gasteiger partial charge in [0.05, 0.1) is 33.5 Å². The van der Waals surface area contributed by atoms with E-state index in [1.54, 1.807) is 30.3 Å². The van der Waals surface area contributed by atoms with Gasteiger partial charge in [0.1, 0.15) is 11.9 Å². The SMILES string of the molecule is COc1c(-c2cc(=O)c3cccc(Cl)c3o2)ccc(Br)c1OC1CC(C(=O)O)C1. The van der Waals surface area contributed by atoms with Crippen LogP contribution in [0.3, 0.4) is 0 Å². The number of methoxy groups -OCH3 is 1. The number of hydrogen-bond donors (Lipinski definition) is 1. The number of carboxylic acid groups (broad SMARTS) is 1. The van der Waals surface area contributed by atoms with Crippen molar-refractivity contribution in [2.45, 2.75) is 18.9 Å². The van der Waals surface area contributed by atoms with Gasteiger partial charge in [0.2, 0.25) is 0 Å². The molecular formula is C21H16BrClO6. The van der Waals surface area contributed by atoms with E-state index >= 15 is 0 Å². The minimum absolute atomic E-state index is 0.223. The predicted octanol–water partition coefficient (Wildman–Crippen LogP) is 5.13. The molecule has 0 atom stereocenters. The van der Waals surface area contributed by atoms with Crippen molar-refractivity contribution in [3.63, 3.8) is 0 Å². The molecule has 0 radical (unpaired) electrons. The van der Waals surface area contributed by atoms with Crippen molar-refractivity contribution in [1.82, 2.24) is 0 Å². The van der Waals surface area contributed by atoms with Crippen LogP contribution in [0.5, 0.6) is 11.5 Å². The maximum absolute atomic E-state index is 12.6. The van der Waals surface area contributed by atoms with E-state index in [0.717, 1.165) is 0 Å². The molecule has 1 aliphatic rings. The first-order valence-electron chi connectivity index (χ1n) is 8.87. The highest BCUT2D eigenvalue weighted by Crippen LogP contribution is 2.45. The first-order chi connectivity index (χ1) is 13.9. The summed E-state index contributed by atoms with van der Waals surface area (Å²) in [6, 6.07) is 9.89. The average Bonchev–Trinajstić information content (AvgIpc) is 2.65. The Morgan fingerprint density at radius 3 is 2.69 bits per heavy atom. The Bertz CT molecular complexity index is 1170. The second kappa shape index (κ2) is 7.72. The third-order valence-corrected chi connectivity index (χ3v) is 5.89. The van der Waals surface area contributed by atoms with E-state index in [-0.39, 0.29) is 11.5 Å². The van der Waals surface area contributed by atoms with Crippen LogP contribution in [0.1, 0.15) is 12.8 Å². The molecule has 0 aliphatic heterocycles. The Labute approximate surface area is 179 Å². The van der Waals surface area contributed by atoms with Crippen LogP contribution in [0.4, 0.5) is 0 Å². The van der Waals surface area contributed by atoms with Crippen molar-refractivity contribution >= 4 is 44.5 Å². The zero-order chi connectivity index (χ0) is 20.7. The molecule has 1 fully saturated rings. The molecule has 0 amide bonds. The second-order valence-electron chi connectivity index (χ2n) is 6.80. The minimum Gasteiger partial charge on any atom is -0.492 e. The number of para-hydroxylation sites is 1. The highest BCUT2D eigenvalue weighted by atomic mass is 79.9.